The van der Waals surface area contributed by atoms with E-state index in [1.165, 1.54) is 19.9 Å². The van der Waals surface area contributed by atoms with Crippen molar-refractivity contribution < 1.29 is 17.0 Å². The summed E-state index contributed by atoms with van der Waals surface area (Å²) in [5.74, 6) is 4.61. The molecule has 0 bridgehead atoms. The Morgan fingerprint density at radius 2 is 2.00 bits per heavy atom. The van der Waals surface area contributed by atoms with Crippen LogP contribution in [0.3, 0.4) is 0 Å². The molecule has 1 aliphatic rings. The monoisotopic (exact) mass is 465 g/mol. The van der Waals surface area contributed by atoms with Crippen LogP contribution in [0.2, 0.25) is 0 Å². The molecule has 0 atom stereocenters. The molecular weight excluding hydrogens is 433 g/mol. The van der Waals surface area contributed by atoms with Gasteiger partial charge < -0.3 is 20.5 Å². The van der Waals surface area contributed by atoms with Gasteiger partial charge in [-0.2, -0.15) is 5.10 Å². The summed E-state index contributed by atoms with van der Waals surface area (Å²) in [6, 6.07) is 5.50. The summed E-state index contributed by atoms with van der Waals surface area (Å²) in [6.07, 6.45) is 7.30. The number of likely N-dealkylation sites (tertiary alicyclic amines) is 1. The Bertz CT molecular complexity index is 1300. The molecule has 178 valence electrons. The number of ether oxygens (including phenoxy) is 1. The highest BCUT2D eigenvalue weighted by Crippen LogP contribution is 2.29. The molecule has 4 rings (SSSR count). The molecule has 34 heavy (non-hydrogen) atoms. The number of anilines is 1. The zero-order valence-electron chi connectivity index (χ0n) is 21.5. The second-order valence-corrected chi connectivity index (χ2v) is 9.09. The Kier molecular flexibility index (Phi) is 6.12. The predicted octanol–water partition coefficient (Wildman–Crippen LogP) is 3.63. The second kappa shape index (κ2) is 9.84. The number of hydrogen-bond donors (Lipinski definition) is 2. The quantitative estimate of drug-likeness (QED) is 0.560. The third-order valence-corrected chi connectivity index (χ3v) is 5.57. The number of rotatable bonds is 5. The van der Waals surface area contributed by atoms with Crippen molar-refractivity contribution in [3.05, 3.63) is 59.8 Å². The molecule has 0 spiro atoms. The molecule has 1 saturated heterocycles. The van der Waals surface area contributed by atoms with Crippen LogP contribution in [0.1, 0.15) is 46.6 Å². The molecule has 1 fully saturated rings. The van der Waals surface area contributed by atoms with Gasteiger partial charge >= 0.3 is 0 Å². The number of nitrogens with zero attached hydrogens (tertiary/aromatic N) is 4. The van der Waals surface area contributed by atoms with E-state index in [1.54, 1.807) is 18.5 Å². The van der Waals surface area contributed by atoms with Crippen molar-refractivity contribution in [3.8, 4) is 28.7 Å². The zero-order chi connectivity index (χ0) is 26.1. The number of pyridine rings is 1. The van der Waals surface area contributed by atoms with Crippen LogP contribution >= 0.6 is 0 Å². The van der Waals surface area contributed by atoms with E-state index in [0.29, 0.717) is 11.6 Å². The lowest BCUT2D eigenvalue weighted by atomic mass is 10.1. The van der Waals surface area contributed by atoms with Crippen LogP contribution in [0, 0.1) is 17.7 Å². The van der Waals surface area contributed by atoms with Crippen LogP contribution in [0.4, 0.5) is 10.2 Å². The maximum Gasteiger partial charge on any atom is 0.166 e. The summed E-state index contributed by atoms with van der Waals surface area (Å²) in [5, 5.41) is 14.3. The van der Waals surface area contributed by atoms with Gasteiger partial charge in [-0.1, -0.05) is 11.8 Å². The number of benzene rings is 1. The molecule has 3 heterocycles. The van der Waals surface area contributed by atoms with Crippen molar-refractivity contribution in [2.24, 2.45) is 0 Å². The lowest BCUT2D eigenvalue weighted by Gasteiger charge is -2.28. The molecule has 1 aromatic carbocycles. The molecule has 0 aliphatic carbocycles. The van der Waals surface area contributed by atoms with Crippen LogP contribution in [-0.4, -0.2) is 50.5 Å². The zero-order valence-corrected chi connectivity index (χ0v) is 19.5. The van der Waals surface area contributed by atoms with E-state index in [9.17, 15) is 9.50 Å². The SMILES string of the molecule is [2H]C([2H])(Oc1cc(-c2cnn(C3CCN(C)CC3)c2)cnc1N)c1cc(F)cc(C#CC(C)(C)O)c1. The summed E-state index contributed by atoms with van der Waals surface area (Å²) >= 11 is 0. The molecule has 0 unspecified atom stereocenters. The molecule has 1 aliphatic heterocycles. The molecule has 0 saturated carbocycles. The van der Waals surface area contributed by atoms with Gasteiger partial charge in [0.05, 0.1) is 15.0 Å². The van der Waals surface area contributed by atoms with Crippen LogP contribution in [0.5, 0.6) is 5.75 Å². The summed E-state index contributed by atoms with van der Waals surface area (Å²) in [5.41, 5.74) is 6.32. The van der Waals surface area contributed by atoms with Crippen LogP contribution in [0.15, 0.2) is 42.9 Å². The number of piperidine rings is 1. The highest BCUT2D eigenvalue weighted by molar-refractivity contribution is 5.65. The van der Waals surface area contributed by atoms with Gasteiger partial charge in [-0.15, -0.1) is 0 Å². The summed E-state index contributed by atoms with van der Waals surface area (Å²) in [6.45, 7) is 2.61. The Morgan fingerprint density at radius 3 is 2.74 bits per heavy atom. The molecule has 7 nitrogen and oxygen atoms in total. The van der Waals surface area contributed by atoms with Gasteiger partial charge in [0.1, 0.15) is 18.0 Å². The molecule has 2 aromatic heterocycles. The lowest BCUT2D eigenvalue weighted by molar-refractivity contribution is 0.143. The first kappa shape index (κ1) is 21.1. The van der Waals surface area contributed by atoms with Gasteiger partial charge in [-0.25, -0.2) is 9.37 Å². The van der Waals surface area contributed by atoms with E-state index in [0.717, 1.165) is 43.6 Å². The highest BCUT2D eigenvalue weighted by Gasteiger charge is 2.19. The Balaban J connectivity index is 1.58. The van der Waals surface area contributed by atoms with Gasteiger partial charge in [-0.05, 0) is 76.7 Å². The normalized spacial score (nSPS) is 16.4. The summed E-state index contributed by atoms with van der Waals surface area (Å²) < 4.78 is 38.7. The molecule has 0 radical (unpaired) electrons. The number of halogens is 1. The third kappa shape index (κ3) is 6.13. The van der Waals surface area contributed by atoms with E-state index in [4.69, 9.17) is 13.2 Å². The number of nitrogens with two attached hydrogens (primary N) is 1. The van der Waals surface area contributed by atoms with Gasteiger partial charge in [0, 0.05) is 29.1 Å². The van der Waals surface area contributed by atoms with Crippen molar-refractivity contribution >= 4 is 5.82 Å². The van der Waals surface area contributed by atoms with Crippen LogP contribution in [-0.2, 0) is 6.56 Å². The minimum atomic E-state index is -2.43. The maximum atomic E-state index is 14.3. The first-order chi connectivity index (χ1) is 16.9. The minimum Gasteiger partial charge on any atom is -0.485 e. The first-order valence-corrected chi connectivity index (χ1v) is 11.1. The molecular formula is C26H30FN5O2. The summed E-state index contributed by atoms with van der Waals surface area (Å²) in [4.78, 5) is 6.47. The number of aromatic nitrogens is 3. The van der Waals surface area contributed by atoms with Crippen LogP contribution in [0.25, 0.3) is 11.1 Å². The Labute approximate surface area is 202 Å². The first-order valence-electron chi connectivity index (χ1n) is 12.1. The van der Waals surface area contributed by atoms with Gasteiger partial charge in [0.25, 0.3) is 0 Å². The molecule has 8 heteroatoms. The van der Waals surface area contributed by atoms with Gasteiger partial charge in [-0.3, -0.25) is 4.68 Å². The van der Waals surface area contributed by atoms with Gasteiger partial charge in [0.2, 0.25) is 0 Å². The fraction of sp³-hybridized carbons (Fsp3) is 0.385. The number of nitrogen functional groups attached to an aromatic ring is 1. The summed E-state index contributed by atoms with van der Waals surface area (Å²) in [7, 11) is 2.11. The van der Waals surface area contributed by atoms with Crippen molar-refractivity contribution in [1.29, 1.82) is 0 Å². The second-order valence-electron chi connectivity index (χ2n) is 9.09. The Morgan fingerprint density at radius 1 is 1.24 bits per heavy atom. The van der Waals surface area contributed by atoms with Crippen molar-refractivity contribution in [1.82, 2.24) is 19.7 Å². The van der Waals surface area contributed by atoms with E-state index in [1.807, 2.05) is 10.9 Å². The van der Waals surface area contributed by atoms with Crippen molar-refractivity contribution in [3.63, 3.8) is 0 Å². The molecule has 3 aromatic rings. The molecule has 0 amide bonds. The van der Waals surface area contributed by atoms with E-state index < -0.39 is 18.0 Å². The Hall–Kier alpha value is -3.41. The standard InChI is InChI=1S/C26H30FN5O2/c1-26(2,33)7-4-18-10-19(12-22(27)11-18)17-34-24-13-20(14-29-25(24)28)21-15-30-32(16-21)23-5-8-31(3)9-6-23/h10-16,23,33H,5-6,8-9,17H2,1-3H3,(H2,28,29)/i17D2. The van der Waals surface area contributed by atoms with Crippen LogP contribution < -0.4 is 10.5 Å². The fourth-order valence-electron chi connectivity index (χ4n) is 3.70. The maximum absolute atomic E-state index is 14.3. The highest BCUT2D eigenvalue weighted by atomic mass is 19.1. The lowest BCUT2D eigenvalue weighted by Crippen LogP contribution is -2.31. The largest absolute Gasteiger partial charge is 0.485 e. The smallest absolute Gasteiger partial charge is 0.166 e. The average molecular weight is 466 g/mol. The average Bonchev–Trinajstić information content (AvgIpc) is 3.29. The number of hydrogen-bond acceptors (Lipinski definition) is 6. The third-order valence-electron chi connectivity index (χ3n) is 5.57. The topological polar surface area (TPSA) is 89.4 Å². The predicted molar refractivity (Wildman–Crippen MR) is 130 cm³/mol. The minimum absolute atomic E-state index is 0.00350. The fourth-order valence-corrected chi connectivity index (χ4v) is 3.70. The molecule has 3 N–H and O–H groups in total. The number of aliphatic hydroxyl groups is 1. The van der Waals surface area contributed by atoms with E-state index >= 15 is 0 Å². The van der Waals surface area contributed by atoms with E-state index in [2.05, 4.69) is 33.9 Å². The van der Waals surface area contributed by atoms with E-state index in [-0.39, 0.29) is 22.7 Å². The van der Waals surface area contributed by atoms with Crippen molar-refractivity contribution in [2.75, 3.05) is 25.9 Å². The van der Waals surface area contributed by atoms with Gasteiger partial charge in [0.15, 0.2) is 11.6 Å². The van der Waals surface area contributed by atoms with Crippen molar-refractivity contribution in [2.45, 2.75) is 44.9 Å².